The number of hydrogen-bond donors (Lipinski definition) is 3. The highest BCUT2D eigenvalue weighted by Crippen LogP contribution is 2.27. The van der Waals surface area contributed by atoms with Crippen LogP contribution in [-0.2, 0) is 0 Å². The summed E-state index contributed by atoms with van der Waals surface area (Å²) in [5.74, 6) is 0.315. The molecule has 1 aromatic rings. The Balaban J connectivity index is 2.24. The van der Waals surface area contributed by atoms with Gasteiger partial charge in [0.2, 0.25) is 0 Å². The fourth-order valence-corrected chi connectivity index (χ4v) is 2.19. The monoisotopic (exact) mass is 256 g/mol. The Labute approximate surface area is 91.6 Å². The summed E-state index contributed by atoms with van der Waals surface area (Å²) in [6, 6.07) is 5.64. The average molecular weight is 257 g/mol. The van der Waals surface area contributed by atoms with Gasteiger partial charge in [-0.15, -0.1) is 0 Å². The van der Waals surface area contributed by atoms with Gasteiger partial charge in [0, 0.05) is 30.1 Å². The Hall–Kier alpha value is -0.580. The van der Waals surface area contributed by atoms with Gasteiger partial charge in [0.25, 0.3) is 0 Å². The Kier molecular flexibility index (Phi) is 3.05. The fraction of sp³-hybridized carbons (Fsp3) is 0.400. The SMILES string of the molecule is Oc1ccc(Br)c([C@H]2CNCCN2)c1. The highest BCUT2D eigenvalue weighted by atomic mass is 79.9. The van der Waals surface area contributed by atoms with Gasteiger partial charge in [-0.25, -0.2) is 0 Å². The van der Waals surface area contributed by atoms with Crippen molar-refractivity contribution in [3.8, 4) is 5.75 Å². The lowest BCUT2D eigenvalue weighted by atomic mass is 10.1. The molecule has 1 fully saturated rings. The minimum atomic E-state index is 0.283. The second kappa shape index (κ2) is 4.29. The Bertz CT molecular complexity index is 324. The second-order valence-electron chi connectivity index (χ2n) is 3.42. The van der Waals surface area contributed by atoms with Crippen molar-refractivity contribution in [3.63, 3.8) is 0 Å². The van der Waals surface area contributed by atoms with E-state index in [2.05, 4.69) is 26.6 Å². The van der Waals surface area contributed by atoms with E-state index in [9.17, 15) is 5.11 Å². The zero-order valence-electron chi connectivity index (χ0n) is 7.76. The van der Waals surface area contributed by atoms with Crippen LogP contribution in [0.15, 0.2) is 22.7 Å². The van der Waals surface area contributed by atoms with Crippen LogP contribution in [0.25, 0.3) is 0 Å². The van der Waals surface area contributed by atoms with E-state index in [-0.39, 0.29) is 6.04 Å². The van der Waals surface area contributed by atoms with Gasteiger partial charge in [-0.2, -0.15) is 0 Å². The maximum Gasteiger partial charge on any atom is 0.115 e. The van der Waals surface area contributed by atoms with Crippen LogP contribution in [0, 0.1) is 0 Å². The summed E-state index contributed by atoms with van der Waals surface area (Å²) in [6.07, 6.45) is 0. The number of piperazine rings is 1. The highest BCUT2D eigenvalue weighted by Gasteiger charge is 2.16. The van der Waals surface area contributed by atoms with Crippen LogP contribution in [0.1, 0.15) is 11.6 Å². The summed E-state index contributed by atoms with van der Waals surface area (Å²) in [4.78, 5) is 0. The molecule has 0 amide bonds. The lowest BCUT2D eigenvalue weighted by Gasteiger charge is -2.25. The lowest BCUT2D eigenvalue weighted by Crippen LogP contribution is -2.42. The molecule has 4 heteroatoms. The van der Waals surface area contributed by atoms with Gasteiger partial charge in [-0.3, -0.25) is 0 Å². The molecule has 0 bridgehead atoms. The van der Waals surface area contributed by atoms with Gasteiger partial charge in [0.1, 0.15) is 5.75 Å². The van der Waals surface area contributed by atoms with Gasteiger partial charge in [0.15, 0.2) is 0 Å². The predicted molar refractivity (Wildman–Crippen MR) is 59.4 cm³/mol. The molecule has 1 heterocycles. The zero-order chi connectivity index (χ0) is 9.97. The number of benzene rings is 1. The molecule has 1 aliphatic rings. The van der Waals surface area contributed by atoms with Gasteiger partial charge >= 0.3 is 0 Å². The predicted octanol–water partition coefficient (Wildman–Crippen LogP) is 1.39. The lowest BCUT2D eigenvalue weighted by molar-refractivity contribution is 0.425. The quantitative estimate of drug-likeness (QED) is 0.712. The van der Waals surface area contributed by atoms with Crippen molar-refractivity contribution in [2.45, 2.75) is 6.04 Å². The van der Waals surface area contributed by atoms with E-state index in [1.165, 1.54) is 0 Å². The van der Waals surface area contributed by atoms with Crippen LogP contribution >= 0.6 is 15.9 Å². The fourth-order valence-electron chi connectivity index (χ4n) is 1.67. The van der Waals surface area contributed by atoms with E-state index < -0.39 is 0 Å². The Morgan fingerprint density at radius 2 is 2.21 bits per heavy atom. The molecule has 1 aromatic carbocycles. The largest absolute Gasteiger partial charge is 0.508 e. The van der Waals surface area contributed by atoms with Crippen LogP contribution in [-0.4, -0.2) is 24.7 Å². The number of hydrogen-bond acceptors (Lipinski definition) is 3. The second-order valence-corrected chi connectivity index (χ2v) is 4.27. The summed E-state index contributed by atoms with van der Waals surface area (Å²) < 4.78 is 1.04. The molecule has 1 atom stereocenters. The van der Waals surface area contributed by atoms with E-state index >= 15 is 0 Å². The van der Waals surface area contributed by atoms with Crippen LogP contribution < -0.4 is 10.6 Å². The van der Waals surface area contributed by atoms with Gasteiger partial charge < -0.3 is 15.7 Å². The van der Waals surface area contributed by atoms with Crippen molar-refractivity contribution in [1.82, 2.24) is 10.6 Å². The molecule has 14 heavy (non-hydrogen) atoms. The molecule has 0 spiro atoms. The molecule has 1 aliphatic heterocycles. The molecule has 0 radical (unpaired) electrons. The van der Waals surface area contributed by atoms with Crippen molar-refractivity contribution < 1.29 is 5.11 Å². The van der Waals surface area contributed by atoms with E-state index in [0.29, 0.717) is 5.75 Å². The first-order valence-corrected chi connectivity index (χ1v) is 5.49. The average Bonchev–Trinajstić information content (AvgIpc) is 2.23. The summed E-state index contributed by atoms with van der Waals surface area (Å²) in [5, 5.41) is 16.1. The van der Waals surface area contributed by atoms with Crippen LogP contribution in [0.3, 0.4) is 0 Å². The Morgan fingerprint density at radius 1 is 1.36 bits per heavy atom. The first kappa shape index (κ1) is 9.96. The van der Waals surface area contributed by atoms with E-state index in [4.69, 9.17) is 0 Å². The third-order valence-corrected chi connectivity index (χ3v) is 3.12. The Morgan fingerprint density at radius 3 is 2.93 bits per heavy atom. The molecule has 3 nitrogen and oxygen atoms in total. The standard InChI is InChI=1S/C10H13BrN2O/c11-9-2-1-7(14)5-8(9)10-6-12-3-4-13-10/h1-2,5,10,12-14H,3-4,6H2/t10-/m1/s1. The first-order chi connectivity index (χ1) is 6.77. The number of phenols is 1. The summed E-state index contributed by atoms with van der Waals surface area (Å²) in [7, 11) is 0. The van der Waals surface area contributed by atoms with Gasteiger partial charge in [-0.05, 0) is 23.8 Å². The minimum absolute atomic E-state index is 0.283. The third-order valence-electron chi connectivity index (χ3n) is 2.40. The highest BCUT2D eigenvalue weighted by molar-refractivity contribution is 9.10. The number of rotatable bonds is 1. The summed E-state index contributed by atoms with van der Waals surface area (Å²) >= 11 is 3.49. The molecule has 0 unspecified atom stereocenters. The zero-order valence-corrected chi connectivity index (χ0v) is 9.34. The normalized spacial score (nSPS) is 22.2. The topological polar surface area (TPSA) is 44.3 Å². The molecular formula is C10H13BrN2O. The van der Waals surface area contributed by atoms with Crippen molar-refractivity contribution >= 4 is 15.9 Å². The van der Waals surface area contributed by atoms with Crippen LogP contribution in [0.5, 0.6) is 5.75 Å². The number of halogens is 1. The molecule has 0 aliphatic carbocycles. The van der Waals surface area contributed by atoms with E-state index in [1.54, 1.807) is 12.1 Å². The van der Waals surface area contributed by atoms with Crippen molar-refractivity contribution in [3.05, 3.63) is 28.2 Å². The van der Waals surface area contributed by atoms with E-state index in [1.807, 2.05) is 6.07 Å². The van der Waals surface area contributed by atoms with Crippen molar-refractivity contribution in [2.75, 3.05) is 19.6 Å². The van der Waals surface area contributed by atoms with Crippen LogP contribution in [0.2, 0.25) is 0 Å². The minimum Gasteiger partial charge on any atom is -0.508 e. The summed E-state index contributed by atoms with van der Waals surface area (Å²) in [5.41, 5.74) is 1.11. The third kappa shape index (κ3) is 2.08. The summed E-state index contributed by atoms with van der Waals surface area (Å²) in [6.45, 7) is 2.88. The number of aromatic hydroxyl groups is 1. The number of nitrogens with one attached hydrogen (secondary N) is 2. The van der Waals surface area contributed by atoms with E-state index in [0.717, 1.165) is 29.7 Å². The maximum atomic E-state index is 9.40. The molecule has 1 saturated heterocycles. The molecular weight excluding hydrogens is 244 g/mol. The molecule has 76 valence electrons. The van der Waals surface area contributed by atoms with Crippen molar-refractivity contribution in [2.24, 2.45) is 0 Å². The molecule has 3 N–H and O–H groups in total. The first-order valence-electron chi connectivity index (χ1n) is 4.70. The van der Waals surface area contributed by atoms with Crippen molar-refractivity contribution in [1.29, 1.82) is 0 Å². The van der Waals surface area contributed by atoms with Crippen LogP contribution in [0.4, 0.5) is 0 Å². The maximum absolute atomic E-state index is 9.40. The smallest absolute Gasteiger partial charge is 0.115 e. The van der Waals surface area contributed by atoms with Gasteiger partial charge in [-0.1, -0.05) is 15.9 Å². The van der Waals surface area contributed by atoms with Gasteiger partial charge in [0.05, 0.1) is 0 Å². The molecule has 2 rings (SSSR count). The molecule has 0 saturated carbocycles. The number of phenolic OH excluding ortho intramolecular Hbond substituents is 1. The molecule has 0 aromatic heterocycles.